The van der Waals surface area contributed by atoms with E-state index < -0.39 is 0 Å². The second kappa shape index (κ2) is 7.51. The van der Waals surface area contributed by atoms with Gasteiger partial charge in [0.05, 0.1) is 12.1 Å². The van der Waals surface area contributed by atoms with E-state index in [4.69, 9.17) is 9.26 Å². The molecule has 0 aliphatic carbocycles. The van der Waals surface area contributed by atoms with Crippen LogP contribution < -0.4 is 0 Å². The number of hydrogen-bond acceptors (Lipinski definition) is 7. The van der Waals surface area contributed by atoms with E-state index in [-0.39, 0.29) is 5.91 Å². The lowest BCUT2D eigenvalue weighted by atomic mass is 9.95. The van der Waals surface area contributed by atoms with Crippen molar-refractivity contribution in [3.63, 3.8) is 0 Å². The molecular formula is C18H23N5O3. The summed E-state index contributed by atoms with van der Waals surface area (Å²) in [5.74, 6) is 1.71. The van der Waals surface area contributed by atoms with Crippen molar-refractivity contribution in [2.45, 2.75) is 32.0 Å². The van der Waals surface area contributed by atoms with Gasteiger partial charge < -0.3 is 14.2 Å². The van der Waals surface area contributed by atoms with Gasteiger partial charge in [-0.05, 0) is 30.9 Å². The molecule has 0 N–H and O–H groups in total. The van der Waals surface area contributed by atoms with E-state index >= 15 is 0 Å². The second-order valence-electron chi connectivity index (χ2n) is 7.02. The molecule has 5 rings (SSSR count). The van der Waals surface area contributed by atoms with Crippen molar-refractivity contribution in [2.75, 3.05) is 26.7 Å². The number of fused-ring (bicyclic) bond motifs is 4. The van der Waals surface area contributed by atoms with E-state index in [9.17, 15) is 4.79 Å². The molecule has 26 heavy (non-hydrogen) atoms. The first kappa shape index (κ1) is 17.1. The number of carbonyl (C=O) groups is 1. The van der Waals surface area contributed by atoms with Gasteiger partial charge in [-0.1, -0.05) is 5.16 Å². The van der Waals surface area contributed by atoms with Gasteiger partial charge in [0.15, 0.2) is 5.82 Å². The third-order valence-corrected chi connectivity index (χ3v) is 5.14. The molecule has 0 aromatic carbocycles. The Hall–Kier alpha value is -2.32. The molecule has 1 amide bonds. The zero-order valence-electron chi connectivity index (χ0n) is 14.9. The first-order valence-corrected chi connectivity index (χ1v) is 8.96. The van der Waals surface area contributed by atoms with Crippen molar-refractivity contribution >= 4 is 5.91 Å². The predicted molar refractivity (Wildman–Crippen MR) is 92.1 cm³/mol. The van der Waals surface area contributed by atoms with Gasteiger partial charge in [-0.2, -0.15) is 4.98 Å². The molecule has 2 bridgehead atoms. The molecule has 0 spiro atoms. The Morgan fingerprint density at radius 2 is 2.27 bits per heavy atom. The molecule has 2 atom stereocenters. The summed E-state index contributed by atoms with van der Waals surface area (Å²) in [5, 5.41) is 3.93. The maximum absolute atomic E-state index is 12.8. The van der Waals surface area contributed by atoms with E-state index in [0.29, 0.717) is 42.4 Å². The van der Waals surface area contributed by atoms with Gasteiger partial charge in [-0.3, -0.25) is 14.7 Å². The maximum Gasteiger partial charge on any atom is 0.255 e. The lowest BCUT2D eigenvalue weighted by Crippen LogP contribution is -2.44. The SMILES string of the molecule is COCc1noc(CN2C[C@H]3CC[C@@H]2CN(C(=O)c2cccnc2)C3)n1. The van der Waals surface area contributed by atoms with Gasteiger partial charge in [0.25, 0.3) is 5.91 Å². The van der Waals surface area contributed by atoms with Crippen LogP contribution in [0.3, 0.4) is 0 Å². The zero-order chi connectivity index (χ0) is 17.9. The van der Waals surface area contributed by atoms with Crippen molar-refractivity contribution in [3.05, 3.63) is 41.8 Å². The number of piperidine rings is 1. The highest BCUT2D eigenvalue weighted by molar-refractivity contribution is 5.93. The van der Waals surface area contributed by atoms with Crippen LogP contribution in [-0.4, -0.2) is 63.6 Å². The number of carbonyl (C=O) groups excluding carboxylic acids is 1. The average Bonchev–Trinajstić information content (AvgIpc) is 2.90. The fourth-order valence-electron chi connectivity index (χ4n) is 3.93. The summed E-state index contributed by atoms with van der Waals surface area (Å²) in [5.41, 5.74) is 0.654. The molecule has 2 aromatic rings. The van der Waals surface area contributed by atoms with Crippen molar-refractivity contribution in [1.29, 1.82) is 0 Å². The van der Waals surface area contributed by atoms with Crippen LogP contribution in [0.5, 0.6) is 0 Å². The van der Waals surface area contributed by atoms with Gasteiger partial charge in [-0.25, -0.2) is 0 Å². The highest BCUT2D eigenvalue weighted by Crippen LogP contribution is 2.29. The smallest absolute Gasteiger partial charge is 0.255 e. The Balaban J connectivity index is 1.45. The molecule has 5 heterocycles. The molecule has 0 radical (unpaired) electrons. The Labute approximate surface area is 152 Å². The molecule has 8 nitrogen and oxygen atoms in total. The number of hydrogen-bond donors (Lipinski definition) is 0. The van der Waals surface area contributed by atoms with Gasteiger partial charge in [0, 0.05) is 45.2 Å². The minimum Gasteiger partial charge on any atom is -0.377 e. The number of amides is 1. The third-order valence-electron chi connectivity index (χ3n) is 5.14. The van der Waals surface area contributed by atoms with Crippen LogP contribution >= 0.6 is 0 Å². The van der Waals surface area contributed by atoms with Crippen molar-refractivity contribution in [1.82, 2.24) is 24.9 Å². The number of nitrogens with zero attached hydrogens (tertiary/aromatic N) is 5. The molecule has 138 valence electrons. The minimum absolute atomic E-state index is 0.0667. The molecule has 8 heteroatoms. The molecule has 3 aliphatic rings. The largest absolute Gasteiger partial charge is 0.377 e. The van der Waals surface area contributed by atoms with E-state index in [1.807, 2.05) is 11.0 Å². The number of rotatable bonds is 5. The molecule has 3 aliphatic heterocycles. The summed E-state index contributed by atoms with van der Waals surface area (Å²) in [4.78, 5) is 25.6. The van der Waals surface area contributed by atoms with E-state index in [2.05, 4.69) is 20.0 Å². The highest BCUT2D eigenvalue weighted by atomic mass is 16.5. The first-order chi connectivity index (χ1) is 12.7. The Morgan fingerprint density at radius 3 is 3.08 bits per heavy atom. The molecule has 0 unspecified atom stereocenters. The second-order valence-corrected chi connectivity index (χ2v) is 7.02. The van der Waals surface area contributed by atoms with E-state index in [1.54, 1.807) is 25.6 Å². The van der Waals surface area contributed by atoms with Crippen molar-refractivity contribution in [2.24, 2.45) is 5.92 Å². The molecule has 3 fully saturated rings. The summed E-state index contributed by atoms with van der Waals surface area (Å²) < 4.78 is 10.4. The van der Waals surface area contributed by atoms with E-state index in [0.717, 1.165) is 32.5 Å². The number of pyridine rings is 1. The predicted octanol–water partition coefficient (Wildman–Crippen LogP) is 1.35. The average molecular weight is 357 g/mol. The summed E-state index contributed by atoms with van der Waals surface area (Å²) in [6, 6.07) is 3.95. The fraction of sp³-hybridized carbons (Fsp3) is 0.556. The number of aromatic nitrogens is 3. The molecule has 3 saturated heterocycles. The van der Waals surface area contributed by atoms with Crippen molar-refractivity contribution in [3.8, 4) is 0 Å². The van der Waals surface area contributed by atoms with Gasteiger partial charge in [-0.15, -0.1) is 0 Å². The van der Waals surface area contributed by atoms with Crippen molar-refractivity contribution < 1.29 is 14.1 Å². The standard InChI is InChI=1S/C18H23N5O3/c1-25-12-16-20-17(26-21-16)11-22-8-13-4-5-15(22)10-23(9-13)18(24)14-3-2-6-19-7-14/h2-3,6-7,13,15H,4-5,8-12H2,1H3/t13-,15-/m1/s1. The molecule has 0 saturated carbocycles. The summed E-state index contributed by atoms with van der Waals surface area (Å²) in [7, 11) is 1.61. The fourth-order valence-corrected chi connectivity index (χ4v) is 3.93. The first-order valence-electron chi connectivity index (χ1n) is 8.96. The number of methoxy groups -OCH3 is 1. The summed E-state index contributed by atoms with van der Waals surface area (Å²) >= 11 is 0. The van der Waals surface area contributed by atoms with Crippen LogP contribution in [0.15, 0.2) is 29.0 Å². The zero-order valence-corrected chi connectivity index (χ0v) is 14.9. The Morgan fingerprint density at radius 1 is 1.35 bits per heavy atom. The Bertz CT molecular complexity index is 750. The van der Waals surface area contributed by atoms with Gasteiger partial charge >= 0.3 is 0 Å². The minimum atomic E-state index is 0.0667. The van der Waals surface area contributed by atoms with E-state index in [1.165, 1.54) is 0 Å². The monoisotopic (exact) mass is 357 g/mol. The van der Waals surface area contributed by atoms with Gasteiger partial charge in [0.2, 0.25) is 5.89 Å². The highest BCUT2D eigenvalue weighted by Gasteiger charge is 2.37. The van der Waals surface area contributed by atoms with Crippen LogP contribution in [0.2, 0.25) is 0 Å². The van der Waals surface area contributed by atoms with Crippen LogP contribution in [0.1, 0.15) is 34.9 Å². The summed E-state index contributed by atoms with van der Waals surface area (Å²) in [6.07, 6.45) is 5.56. The third kappa shape index (κ3) is 3.61. The molecule has 2 aromatic heterocycles. The topological polar surface area (TPSA) is 84.6 Å². The lowest BCUT2D eigenvalue weighted by molar-refractivity contribution is 0.0731. The Kier molecular flexibility index (Phi) is 4.94. The van der Waals surface area contributed by atoms with Crippen LogP contribution in [0, 0.1) is 5.92 Å². The summed E-state index contributed by atoms with van der Waals surface area (Å²) in [6.45, 7) is 3.43. The maximum atomic E-state index is 12.8. The van der Waals surface area contributed by atoms with Crippen LogP contribution in [0.25, 0.3) is 0 Å². The van der Waals surface area contributed by atoms with Crippen LogP contribution in [-0.2, 0) is 17.9 Å². The molecular weight excluding hydrogens is 334 g/mol. The van der Waals surface area contributed by atoms with Gasteiger partial charge in [0.1, 0.15) is 6.61 Å². The number of ether oxygens (including phenoxy) is 1. The quantitative estimate of drug-likeness (QED) is 0.798. The normalized spacial score (nSPS) is 23.2. The van der Waals surface area contributed by atoms with Crippen LogP contribution in [0.4, 0.5) is 0 Å². The lowest BCUT2D eigenvalue weighted by Gasteiger charge is -2.34.